The minimum Gasteiger partial charge on any atom is -0.480 e. The minimum absolute atomic E-state index is 0.0549. The number of rotatable bonds is 11. The van der Waals surface area contributed by atoms with Gasteiger partial charge in [-0.25, -0.2) is 15.0 Å². The van der Waals surface area contributed by atoms with E-state index in [0.29, 0.717) is 16.7 Å². The molecule has 15 nitrogen and oxygen atoms in total. The molecule has 3 aromatic rings. The number of hydrogen-bond donors (Lipinski definition) is 5. The van der Waals surface area contributed by atoms with Gasteiger partial charge in [-0.1, -0.05) is 24.3 Å². The molecule has 5 atom stereocenters. The largest absolute Gasteiger partial charge is 0.480 e. The van der Waals surface area contributed by atoms with Crippen molar-refractivity contribution < 1.29 is 29.8 Å². The number of carboxylic acids is 1. The van der Waals surface area contributed by atoms with Crippen molar-refractivity contribution in [3.63, 3.8) is 0 Å². The summed E-state index contributed by atoms with van der Waals surface area (Å²) < 4.78 is 7.46. The van der Waals surface area contributed by atoms with Crippen molar-refractivity contribution in [2.45, 2.75) is 37.0 Å². The lowest BCUT2D eigenvalue weighted by atomic mass is 10.1. The van der Waals surface area contributed by atoms with Gasteiger partial charge in [-0.2, -0.15) is 0 Å². The number of anilines is 1. The summed E-state index contributed by atoms with van der Waals surface area (Å²) in [7, 11) is 0. The number of nitrogen functional groups attached to an aromatic ring is 1. The highest BCUT2D eigenvalue weighted by molar-refractivity contribution is 5.81. The van der Waals surface area contributed by atoms with Gasteiger partial charge in [-0.05, 0) is 12.5 Å². The number of benzene rings is 1. The van der Waals surface area contributed by atoms with Crippen LogP contribution in [0.15, 0.2) is 43.0 Å². The van der Waals surface area contributed by atoms with Crippen LogP contribution in [0.3, 0.4) is 0 Å². The molecule has 0 amide bonds. The van der Waals surface area contributed by atoms with Crippen LogP contribution < -0.4 is 11.5 Å². The molecule has 0 radical (unpaired) electrons. The van der Waals surface area contributed by atoms with Gasteiger partial charge >= 0.3 is 5.97 Å². The number of carboxylic acid groups (broad SMARTS) is 1. The maximum absolute atomic E-state index is 11.3. The number of imidazole rings is 1. The molecule has 1 aliphatic heterocycles. The number of carbonyl (C=O) groups is 1. The molecular weight excluding hydrogens is 500 g/mol. The lowest BCUT2D eigenvalue weighted by molar-refractivity contribution is -0.385. The first-order valence-electron chi connectivity index (χ1n) is 11.7. The van der Waals surface area contributed by atoms with E-state index in [2.05, 4.69) is 15.0 Å². The Hall–Kier alpha value is -4.02. The average molecular weight is 529 g/mol. The van der Waals surface area contributed by atoms with Crippen LogP contribution in [-0.2, 0) is 9.53 Å². The number of nitrogens with zero attached hydrogens (tertiary/aromatic N) is 6. The molecule has 0 bridgehead atoms. The number of hydrogen-bond acceptors (Lipinski definition) is 12. The van der Waals surface area contributed by atoms with E-state index in [1.54, 1.807) is 35.3 Å². The number of nitro groups is 1. The minimum atomic E-state index is -1.32. The topological polar surface area (TPSA) is 229 Å². The van der Waals surface area contributed by atoms with Crippen LogP contribution in [0.5, 0.6) is 0 Å². The van der Waals surface area contributed by atoms with E-state index < -0.39 is 41.5 Å². The van der Waals surface area contributed by atoms with E-state index in [9.17, 15) is 25.1 Å². The summed E-state index contributed by atoms with van der Waals surface area (Å²) in [5, 5.41) is 42.0. The third-order valence-electron chi connectivity index (χ3n) is 6.30. The van der Waals surface area contributed by atoms with E-state index in [1.807, 2.05) is 0 Å². The van der Waals surface area contributed by atoms with Crippen LogP contribution in [-0.4, -0.2) is 94.6 Å². The highest BCUT2D eigenvalue weighted by Crippen LogP contribution is 2.32. The molecule has 0 aliphatic carbocycles. The first-order chi connectivity index (χ1) is 18.2. The Balaban J connectivity index is 1.50. The van der Waals surface area contributed by atoms with Crippen LogP contribution in [0.4, 0.5) is 11.5 Å². The molecular formula is C23H28N8O7. The number of aliphatic carboxylic acids is 1. The third-order valence-corrected chi connectivity index (χ3v) is 6.30. The molecule has 7 N–H and O–H groups in total. The monoisotopic (exact) mass is 528 g/mol. The highest BCUT2D eigenvalue weighted by atomic mass is 16.6. The molecule has 1 fully saturated rings. The second-order valence-electron chi connectivity index (χ2n) is 8.84. The van der Waals surface area contributed by atoms with Crippen molar-refractivity contribution in [1.82, 2.24) is 24.4 Å². The lowest BCUT2D eigenvalue weighted by Crippen LogP contribution is -2.42. The normalized spacial score (nSPS) is 22.4. The van der Waals surface area contributed by atoms with Crippen molar-refractivity contribution in [1.29, 1.82) is 0 Å². The molecule has 0 spiro atoms. The Morgan fingerprint density at radius 3 is 2.76 bits per heavy atom. The fraction of sp³-hybridized carbons (Fsp3) is 0.391. The van der Waals surface area contributed by atoms with E-state index in [-0.39, 0.29) is 37.6 Å². The summed E-state index contributed by atoms with van der Waals surface area (Å²) in [6.45, 7) is 0.565. The van der Waals surface area contributed by atoms with Gasteiger partial charge in [0, 0.05) is 25.7 Å². The fourth-order valence-electron chi connectivity index (χ4n) is 4.25. The predicted molar refractivity (Wildman–Crippen MR) is 134 cm³/mol. The van der Waals surface area contributed by atoms with Crippen molar-refractivity contribution in [3.05, 3.63) is 58.7 Å². The molecule has 1 aliphatic rings. The Morgan fingerprint density at radius 1 is 1.26 bits per heavy atom. The number of fused-ring (bicyclic) bond motifs is 1. The Labute approximate surface area is 216 Å². The number of aliphatic hydroxyl groups is 2. The van der Waals surface area contributed by atoms with Crippen LogP contribution >= 0.6 is 0 Å². The Bertz CT molecular complexity index is 1330. The summed E-state index contributed by atoms with van der Waals surface area (Å²) in [6, 6.07) is 5.15. The Kier molecular flexibility index (Phi) is 8.23. The maximum Gasteiger partial charge on any atom is 0.320 e. The first-order valence-corrected chi connectivity index (χ1v) is 11.7. The van der Waals surface area contributed by atoms with Gasteiger partial charge in [0.25, 0.3) is 5.69 Å². The second-order valence-corrected chi connectivity index (χ2v) is 8.84. The van der Waals surface area contributed by atoms with Crippen molar-refractivity contribution in [2.24, 2.45) is 5.73 Å². The summed E-state index contributed by atoms with van der Waals surface area (Å²) in [5.74, 6) is -0.994. The molecule has 202 valence electrons. The predicted octanol–water partition coefficient (Wildman–Crippen LogP) is -0.247. The molecule has 0 unspecified atom stereocenters. The van der Waals surface area contributed by atoms with Gasteiger partial charge < -0.3 is 31.5 Å². The van der Waals surface area contributed by atoms with Gasteiger partial charge in [0.05, 0.1) is 16.8 Å². The van der Waals surface area contributed by atoms with E-state index in [0.717, 1.165) is 0 Å². The van der Waals surface area contributed by atoms with Gasteiger partial charge in [0.15, 0.2) is 17.7 Å². The second kappa shape index (κ2) is 11.6. The third kappa shape index (κ3) is 5.76. The van der Waals surface area contributed by atoms with Gasteiger partial charge in [-0.15, -0.1) is 0 Å². The maximum atomic E-state index is 11.3. The van der Waals surface area contributed by atoms with Crippen LogP contribution in [0, 0.1) is 10.1 Å². The summed E-state index contributed by atoms with van der Waals surface area (Å²) in [5.41, 5.74) is 12.5. The molecule has 38 heavy (non-hydrogen) atoms. The number of nitrogens with two attached hydrogens (primary N) is 2. The van der Waals surface area contributed by atoms with E-state index >= 15 is 0 Å². The number of aliphatic hydroxyl groups excluding tert-OH is 2. The summed E-state index contributed by atoms with van der Waals surface area (Å²) >= 11 is 0. The number of nitro benzene ring substituents is 1. The number of ether oxygens (including phenoxy) is 1. The first kappa shape index (κ1) is 27.0. The molecule has 15 heteroatoms. The van der Waals surface area contributed by atoms with Gasteiger partial charge in [0.1, 0.15) is 36.2 Å². The Morgan fingerprint density at radius 2 is 2.03 bits per heavy atom. The molecule has 0 saturated carbocycles. The zero-order valence-corrected chi connectivity index (χ0v) is 20.1. The van der Waals surface area contributed by atoms with Crippen LogP contribution in [0.1, 0.15) is 18.2 Å². The van der Waals surface area contributed by atoms with E-state index in [1.165, 1.54) is 23.3 Å². The fourth-order valence-corrected chi connectivity index (χ4v) is 4.25. The van der Waals surface area contributed by atoms with Crippen molar-refractivity contribution in [2.75, 3.05) is 25.4 Å². The van der Waals surface area contributed by atoms with Gasteiger partial charge in [0.2, 0.25) is 0 Å². The van der Waals surface area contributed by atoms with Crippen LogP contribution in [0.2, 0.25) is 0 Å². The molecule has 3 heterocycles. The SMILES string of the molecule is Nc1ncnc2c1ncn2[C@@H]1O[C@H](CN(C/C=C/c2ccccc2[N+](=O)[O-])CC[C@H](N)C(=O)O)[C@@H](O)[C@H]1O. The highest BCUT2D eigenvalue weighted by Gasteiger charge is 2.44. The van der Waals surface area contributed by atoms with Gasteiger partial charge in [-0.3, -0.25) is 24.4 Å². The average Bonchev–Trinajstić information content (AvgIpc) is 3.44. The zero-order valence-electron chi connectivity index (χ0n) is 20.1. The van der Waals surface area contributed by atoms with Crippen molar-refractivity contribution >= 4 is 34.7 Å². The van der Waals surface area contributed by atoms with E-state index in [4.69, 9.17) is 21.3 Å². The molecule has 4 rings (SSSR count). The summed E-state index contributed by atoms with van der Waals surface area (Å²) in [4.78, 5) is 36.0. The summed E-state index contributed by atoms with van der Waals surface area (Å²) in [6.07, 6.45) is 1.53. The van der Waals surface area contributed by atoms with Crippen LogP contribution in [0.25, 0.3) is 17.2 Å². The lowest BCUT2D eigenvalue weighted by Gasteiger charge is -2.26. The van der Waals surface area contributed by atoms with Crippen molar-refractivity contribution in [3.8, 4) is 0 Å². The molecule has 1 aromatic carbocycles. The smallest absolute Gasteiger partial charge is 0.320 e. The zero-order chi connectivity index (χ0) is 27.4. The number of para-hydroxylation sites is 1. The standard InChI is InChI=1S/C23H28N8O7/c24-14(23(34)35)7-9-29(8-3-5-13-4-1-2-6-15(13)31(36)37)10-16-18(32)19(33)22(38-16)30-12-28-17-20(25)26-11-27-21(17)30/h1-6,11-12,14,16,18-19,22,32-33H,7-10,24H2,(H,34,35)(H2,25,26,27)/b5-3+/t14-,16+,18+,19+,22+/m0/s1. The molecule has 1 saturated heterocycles. The quantitative estimate of drug-likeness (QED) is 0.160. The molecule has 2 aromatic heterocycles. The number of aromatic nitrogens is 4.